The predicted octanol–water partition coefficient (Wildman–Crippen LogP) is 9.17. The Kier molecular flexibility index (Phi) is 19.6. The van der Waals surface area contributed by atoms with Crippen LogP contribution in [-0.2, 0) is 23.3 Å². The molecule has 0 amide bonds. The van der Waals surface area contributed by atoms with Crippen LogP contribution in [0.1, 0.15) is 11.1 Å². The van der Waals surface area contributed by atoms with Crippen LogP contribution in [0.25, 0.3) is 21.5 Å². The maximum absolute atomic E-state index is 3.06. The number of aryl methyl sites for hydroxylation is 2. The van der Waals surface area contributed by atoms with Crippen LogP contribution < -0.4 is 0 Å². The van der Waals surface area contributed by atoms with Crippen molar-refractivity contribution in [3.05, 3.63) is 157 Å². The van der Waals surface area contributed by atoms with Crippen molar-refractivity contribution in [3.8, 4) is 0 Å². The van der Waals surface area contributed by atoms with Gasteiger partial charge in [0.1, 0.15) is 0 Å². The van der Waals surface area contributed by atoms with E-state index in [0.717, 1.165) is 0 Å². The van der Waals surface area contributed by atoms with E-state index < -0.39 is 0 Å². The van der Waals surface area contributed by atoms with Gasteiger partial charge in [-0.05, 0) is 0 Å². The first-order valence-electron chi connectivity index (χ1n) is 11.0. The van der Waals surface area contributed by atoms with Gasteiger partial charge < -0.3 is 0 Å². The summed E-state index contributed by atoms with van der Waals surface area (Å²) in [5.41, 5.74) is 2.70. The zero-order valence-electron chi connectivity index (χ0n) is 20.5. The van der Waals surface area contributed by atoms with Gasteiger partial charge in [-0.2, -0.15) is 84.9 Å². The average molecular weight is 605 g/mol. The predicted molar refractivity (Wildman–Crippen MR) is 159 cm³/mol. The van der Waals surface area contributed by atoms with Crippen molar-refractivity contribution in [2.45, 2.75) is 13.8 Å². The van der Waals surface area contributed by atoms with E-state index in [0.29, 0.717) is 0 Å². The molecule has 0 nitrogen and oxygen atoms in total. The molecule has 0 saturated heterocycles. The molecule has 0 fully saturated rings. The van der Waals surface area contributed by atoms with Crippen LogP contribution in [0, 0.1) is 26.0 Å². The van der Waals surface area contributed by atoms with Crippen LogP contribution in [0.5, 0.6) is 0 Å². The van der Waals surface area contributed by atoms with Gasteiger partial charge in [0.2, 0.25) is 0 Å². The van der Waals surface area contributed by atoms with Gasteiger partial charge in [0.05, 0.1) is 0 Å². The topological polar surface area (TPSA) is 0 Å². The van der Waals surface area contributed by atoms with Crippen molar-refractivity contribution in [3.63, 3.8) is 0 Å². The quantitative estimate of drug-likeness (QED) is 0.120. The molecule has 0 spiro atoms. The monoisotopic (exact) mass is 602 g/mol. The molecule has 36 heavy (non-hydrogen) atoms. The summed E-state index contributed by atoms with van der Waals surface area (Å²) in [5.74, 6) is 0. The Morgan fingerprint density at radius 1 is 0.528 bits per heavy atom. The zero-order valence-corrected chi connectivity index (χ0v) is 25.6. The molecule has 0 N–H and O–H groups in total. The first-order valence-corrected chi connectivity index (χ1v) is 15.2. The molecule has 0 heterocycles. The van der Waals surface area contributed by atoms with Crippen LogP contribution in [0.15, 0.2) is 133 Å². The molecule has 6 aromatic rings. The molecule has 6 rings (SSSR count). The van der Waals surface area contributed by atoms with Crippen molar-refractivity contribution in [1.82, 2.24) is 0 Å². The van der Waals surface area contributed by atoms with E-state index in [1.807, 2.05) is 60.7 Å². The van der Waals surface area contributed by atoms with Crippen molar-refractivity contribution >= 4 is 53.2 Å². The third kappa shape index (κ3) is 13.2. The van der Waals surface area contributed by atoms with Crippen LogP contribution in [0.4, 0.5) is 0 Å². The van der Waals surface area contributed by atoms with Gasteiger partial charge in [-0.25, -0.2) is 0 Å². The van der Waals surface area contributed by atoms with Crippen molar-refractivity contribution in [2.75, 3.05) is 0 Å². The van der Waals surface area contributed by atoms with Crippen molar-refractivity contribution in [1.29, 1.82) is 0 Å². The van der Waals surface area contributed by atoms with E-state index in [1.165, 1.54) is 56.0 Å². The molecule has 0 aliphatic rings. The summed E-state index contributed by atoms with van der Waals surface area (Å²) in [5, 5.41) is 5.39. The molecular weight excluding hydrogens is 575 g/mol. The Morgan fingerprint density at radius 2 is 0.861 bits per heavy atom. The first-order chi connectivity index (χ1) is 16.7. The van der Waals surface area contributed by atoms with E-state index in [9.17, 15) is 0 Å². The Bertz CT molecular complexity index is 1090. The second-order valence-electron chi connectivity index (χ2n) is 7.48. The Hall–Kier alpha value is -2.22. The minimum Gasteiger partial charge on any atom is -0.184 e. The van der Waals surface area contributed by atoms with Gasteiger partial charge in [-0.1, -0.05) is 26.0 Å². The fraction of sp³-hybridized carbons (Fsp3) is 0.0625. The molecule has 0 saturated carbocycles. The molecule has 0 aliphatic carbocycles. The first kappa shape index (κ1) is 33.8. The zero-order chi connectivity index (χ0) is 24.4. The average Bonchev–Trinajstić information content (AvgIpc) is 3.49. The van der Waals surface area contributed by atoms with Gasteiger partial charge in [0.15, 0.2) is 0 Å². The van der Waals surface area contributed by atoms with Crippen molar-refractivity contribution in [2.24, 2.45) is 0 Å². The maximum Gasteiger partial charge on any atom is -0.171 e. The van der Waals surface area contributed by atoms with Crippen LogP contribution in [0.3, 0.4) is 0 Å². The number of rotatable bonds is 0. The van der Waals surface area contributed by atoms with E-state index >= 15 is 0 Å². The van der Waals surface area contributed by atoms with Gasteiger partial charge in [0.25, 0.3) is 0 Å². The third-order valence-electron chi connectivity index (χ3n) is 4.74. The normalized spacial score (nSPS) is 8.58. The standard InChI is InChI=1S/2C10H9.2C6H5.2ClH.Si.Zr/c2*1-8-6-9-4-2-3-5-10(9)7-8;2*1-2-4-6-5-3-1;;;;/h2*2-7H,1H3;2*1-5H;2*1H;;/q4*-1;;;;. The van der Waals surface area contributed by atoms with Crippen LogP contribution >= 0.6 is 24.8 Å². The summed E-state index contributed by atoms with van der Waals surface area (Å²) in [7, 11) is 0. The number of hydrogen-bond donors (Lipinski definition) is 0. The largest absolute Gasteiger partial charge is 0.184 e. The third-order valence-corrected chi connectivity index (χ3v) is 4.74. The maximum atomic E-state index is 3.06. The van der Waals surface area contributed by atoms with Crippen molar-refractivity contribution < 1.29 is 23.3 Å². The number of benzene rings is 4. The Balaban J connectivity index is 0.000000446. The summed E-state index contributed by atoms with van der Waals surface area (Å²) < 4.78 is 0. The summed E-state index contributed by atoms with van der Waals surface area (Å²) in [6, 6.07) is 50.7. The smallest absolute Gasteiger partial charge is 0.171 e. The molecule has 2 radical (unpaired) electrons. The van der Waals surface area contributed by atoms with E-state index in [-0.39, 0.29) is 24.8 Å². The minimum atomic E-state index is 0. The van der Waals surface area contributed by atoms with Gasteiger partial charge in [-0.3, -0.25) is 0 Å². The van der Waals surface area contributed by atoms with Gasteiger partial charge in [0, 0.05) is 0 Å². The number of fused-ring (bicyclic) bond motifs is 2. The minimum absolute atomic E-state index is 0. The number of hydrogen-bond acceptors (Lipinski definition) is 0. The van der Waals surface area contributed by atoms with Crippen LogP contribution in [0.2, 0.25) is 0 Å². The van der Waals surface area contributed by atoms with E-state index in [1.54, 1.807) is 0 Å². The summed E-state index contributed by atoms with van der Waals surface area (Å²) in [6.45, 7) is 7.31. The number of halogens is 2. The molecule has 184 valence electrons. The van der Waals surface area contributed by atoms with E-state index in [4.69, 9.17) is 0 Å². The molecule has 0 aromatic heterocycles. The molecule has 4 heteroatoms. The molecule has 6 aromatic carbocycles. The summed E-state index contributed by atoms with van der Waals surface area (Å²) >= 11 is 1.36. The Labute approximate surface area is 245 Å². The fourth-order valence-corrected chi connectivity index (χ4v) is 3.30. The van der Waals surface area contributed by atoms with Gasteiger partial charge in [-0.15, -0.1) is 106 Å². The van der Waals surface area contributed by atoms with Gasteiger partial charge >= 0.3 is 30.2 Å². The SMILES string of the molecule is Cc1cc2ccccc2[cH-]1.Cc1cc2ccccc2[cH-]1.Cl.Cl.[Si]=[Zr].[c-]1ccccc1.[c-]1ccccc1. The molecular formula is C32H30Cl2SiZr-4. The second kappa shape index (κ2) is 20.9. The molecule has 0 bridgehead atoms. The molecule has 0 aliphatic heterocycles. The summed E-state index contributed by atoms with van der Waals surface area (Å²) in [4.78, 5) is 0. The summed E-state index contributed by atoms with van der Waals surface area (Å²) in [6.07, 6.45) is 0. The van der Waals surface area contributed by atoms with E-state index in [2.05, 4.69) is 106 Å². The second-order valence-corrected chi connectivity index (χ2v) is 7.48. The molecule has 0 atom stereocenters. The Morgan fingerprint density at radius 3 is 1.11 bits per heavy atom. The fourth-order valence-electron chi connectivity index (χ4n) is 3.30. The molecule has 0 unspecified atom stereocenters. The van der Waals surface area contributed by atoms with Crippen LogP contribution in [-0.4, -0.2) is 6.88 Å².